The van der Waals surface area contributed by atoms with Crippen molar-refractivity contribution in [2.75, 3.05) is 6.54 Å². The zero-order valence-electron chi connectivity index (χ0n) is 18.6. The number of rotatable bonds is 11. The summed E-state index contributed by atoms with van der Waals surface area (Å²) in [5.74, 6) is -1.77. The largest absolute Gasteiger partial charge is 0.445 e. The van der Waals surface area contributed by atoms with Crippen molar-refractivity contribution in [2.45, 2.75) is 57.2 Å². The van der Waals surface area contributed by atoms with E-state index in [0.29, 0.717) is 13.0 Å². The number of amides is 3. The first kappa shape index (κ1) is 26.6. The quantitative estimate of drug-likeness (QED) is 0.283. The van der Waals surface area contributed by atoms with Gasteiger partial charge in [0.15, 0.2) is 0 Å². The maximum absolute atomic E-state index is 12.9. The first-order valence-electron chi connectivity index (χ1n) is 10.7. The molecule has 3 amide bonds. The summed E-state index contributed by atoms with van der Waals surface area (Å²) in [5, 5.41) is 17.5. The van der Waals surface area contributed by atoms with Crippen LogP contribution in [0.25, 0.3) is 0 Å². The molecule has 2 rings (SSSR count). The van der Waals surface area contributed by atoms with Crippen molar-refractivity contribution in [1.82, 2.24) is 16.0 Å². The third-order valence-corrected chi connectivity index (χ3v) is 6.15. The number of aliphatic hydroxyl groups is 1. The molecule has 1 fully saturated rings. The minimum atomic E-state index is -4.92. The molecule has 12 heteroatoms. The van der Waals surface area contributed by atoms with E-state index in [4.69, 9.17) is 4.74 Å². The predicted octanol–water partition coefficient (Wildman–Crippen LogP) is 0.545. The molecular formula is C21H31N3O8S. The second-order valence-corrected chi connectivity index (χ2v) is 9.93. The second kappa shape index (κ2) is 12.0. The molecule has 0 aliphatic carbocycles. The van der Waals surface area contributed by atoms with Crippen LogP contribution in [-0.4, -0.2) is 60.0 Å². The van der Waals surface area contributed by atoms with Crippen molar-refractivity contribution in [1.29, 1.82) is 0 Å². The molecule has 1 aliphatic heterocycles. The average molecular weight is 486 g/mol. The summed E-state index contributed by atoms with van der Waals surface area (Å²) in [5.41, 5.74) is -1.58. The summed E-state index contributed by atoms with van der Waals surface area (Å²) >= 11 is 0. The number of hydrogen-bond acceptors (Lipinski definition) is 7. The summed E-state index contributed by atoms with van der Waals surface area (Å²) in [6, 6.07) is 6.38. The van der Waals surface area contributed by atoms with Gasteiger partial charge in [0.2, 0.25) is 17.3 Å². The minimum Gasteiger partial charge on any atom is -0.445 e. The molecule has 0 spiro atoms. The Morgan fingerprint density at radius 1 is 1.21 bits per heavy atom. The first-order chi connectivity index (χ1) is 15.5. The van der Waals surface area contributed by atoms with Gasteiger partial charge in [-0.05, 0) is 30.7 Å². The summed E-state index contributed by atoms with van der Waals surface area (Å²) in [6.45, 7) is 4.02. The molecule has 0 radical (unpaired) electrons. The third-order valence-electron chi connectivity index (χ3n) is 5.21. The van der Waals surface area contributed by atoms with Crippen LogP contribution in [0, 0.1) is 11.8 Å². The first-order valence-corrected chi connectivity index (χ1v) is 12.2. The highest BCUT2D eigenvalue weighted by molar-refractivity contribution is 7.86. The lowest BCUT2D eigenvalue weighted by molar-refractivity contribution is -0.126. The number of benzene rings is 1. The lowest BCUT2D eigenvalue weighted by Gasteiger charge is -2.27. The van der Waals surface area contributed by atoms with Gasteiger partial charge >= 0.3 is 6.09 Å². The molecule has 33 heavy (non-hydrogen) atoms. The number of hydrogen-bond donors (Lipinski definition) is 5. The van der Waals surface area contributed by atoms with Crippen LogP contribution in [0.5, 0.6) is 0 Å². The zero-order chi connectivity index (χ0) is 24.6. The Morgan fingerprint density at radius 2 is 1.88 bits per heavy atom. The highest BCUT2D eigenvalue weighted by Crippen LogP contribution is 2.20. The van der Waals surface area contributed by atoms with E-state index < -0.39 is 45.6 Å². The smallest absolute Gasteiger partial charge is 0.408 e. The van der Waals surface area contributed by atoms with Gasteiger partial charge in [-0.2, -0.15) is 8.42 Å². The van der Waals surface area contributed by atoms with Crippen LogP contribution in [-0.2, 0) is 31.1 Å². The molecule has 1 aliphatic rings. The normalized spacial score (nSPS) is 18.8. The maximum Gasteiger partial charge on any atom is 0.408 e. The molecular weight excluding hydrogens is 454 g/mol. The molecule has 1 heterocycles. The second-order valence-electron chi connectivity index (χ2n) is 8.42. The van der Waals surface area contributed by atoms with Crippen LogP contribution in [0.2, 0.25) is 0 Å². The van der Waals surface area contributed by atoms with Gasteiger partial charge in [0.05, 0.1) is 6.04 Å². The van der Waals surface area contributed by atoms with Gasteiger partial charge in [0.1, 0.15) is 12.6 Å². The Labute approximate surface area is 193 Å². The molecule has 0 bridgehead atoms. The van der Waals surface area contributed by atoms with E-state index in [1.807, 2.05) is 19.9 Å². The van der Waals surface area contributed by atoms with Crippen molar-refractivity contribution in [3.8, 4) is 0 Å². The number of aliphatic hydroxyl groups excluding tert-OH is 1. The summed E-state index contributed by atoms with van der Waals surface area (Å²) < 4.78 is 37.5. The average Bonchev–Trinajstić information content (AvgIpc) is 3.14. The number of alkyl carbamates (subject to hydrolysis) is 1. The van der Waals surface area contributed by atoms with Gasteiger partial charge in [-0.25, -0.2) is 4.79 Å². The summed E-state index contributed by atoms with van der Waals surface area (Å²) in [7, 11) is -4.92. The molecule has 1 aromatic carbocycles. The highest BCUT2D eigenvalue weighted by atomic mass is 32.2. The number of carbonyl (C=O) groups is 3. The Balaban J connectivity index is 2.08. The molecule has 1 aromatic rings. The molecule has 0 saturated carbocycles. The van der Waals surface area contributed by atoms with Crippen LogP contribution in [0.15, 0.2) is 30.3 Å². The Kier molecular flexibility index (Phi) is 9.62. The SMILES string of the molecule is CC(C)C[C@H](NC(=O)OCc1ccccc1)C(=O)N[C@@H](CC1CCNC1=O)C(O)S(=O)(=O)O. The summed E-state index contributed by atoms with van der Waals surface area (Å²) in [6.07, 6.45) is -0.458. The van der Waals surface area contributed by atoms with Crippen LogP contribution >= 0.6 is 0 Å². The fourth-order valence-electron chi connectivity index (χ4n) is 3.52. The maximum atomic E-state index is 12.9. The molecule has 0 aromatic heterocycles. The van der Waals surface area contributed by atoms with Gasteiger partial charge in [-0.15, -0.1) is 0 Å². The van der Waals surface area contributed by atoms with E-state index >= 15 is 0 Å². The van der Waals surface area contributed by atoms with Crippen molar-refractivity contribution in [3.05, 3.63) is 35.9 Å². The van der Waals surface area contributed by atoms with Crippen LogP contribution in [0.4, 0.5) is 4.79 Å². The van der Waals surface area contributed by atoms with E-state index in [0.717, 1.165) is 5.56 Å². The molecule has 184 valence electrons. The Morgan fingerprint density at radius 3 is 2.42 bits per heavy atom. The number of ether oxygens (including phenoxy) is 1. The van der Waals surface area contributed by atoms with E-state index in [-0.39, 0.29) is 31.3 Å². The van der Waals surface area contributed by atoms with Crippen molar-refractivity contribution in [3.63, 3.8) is 0 Å². The van der Waals surface area contributed by atoms with Gasteiger partial charge in [-0.3, -0.25) is 14.1 Å². The van der Waals surface area contributed by atoms with Crippen LogP contribution in [0.3, 0.4) is 0 Å². The van der Waals surface area contributed by atoms with Crippen LogP contribution in [0.1, 0.15) is 38.7 Å². The fraction of sp³-hybridized carbons (Fsp3) is 0.571. The highest BCUT2D eigenvalue weighted by Gasteiger charge is 2.37. The fourth-order valence-corrected chi connectivity index (χ4v) is 4.12. The van der Waals surface area contributed by atoms with E-state index in [1.54, 1.807) is 24.3 Å². The lowest BCUT2D eigenvalue weighted by atomic mass is 9.97. The van der Waals surface area contributed by atoms with Gasteiger partial charge < -0.3 is 25.8 Å². The van der Waals surface area contributed by atoms with Crippen molar-refractivity contribution in [2.24, 2.45) is 11.8 Å². The molecule has 11 nitrogen and oxygen atoms in total. The Bertz CT molecular complexity index is 923. The van der Waals surface area contributed by atoms with Crippen molar-refractivity contribution < 1.29 is 37.2 Å². The van der Waals surface area contributed by atoms with E-state index in [9.17, 15) is 32.5 Å². The predicted molar refractivity (Wildman–Crippen MR) is 118 cm³/mol. The third kappa shape index (κ3) is 8.63. The lowest BCUT2D eigenvalue weighted by Crippen LogP contribution is -2.54. The van der Waals surface area contributed by atoms with E-state index in [1.165, 1.54) is 0 Å². The molecule has 1 saturated heterocycles. The van der Waals surface area contributed by atoms with Gasteiger partial charge in [0, 0.05) is 12.5 Å². The number of carbonyl (C=O) groups excluding carboxylic acids is 3. The van der Waals surface area contributed by atoms with E-state index in [2.05, 4.69) is 16.0 Å². The van der Waals surface area contributed by atoms with Crippen molar-refractivity contribution >= 4 is 28.0 Å². The molecule has 5 N–H and O–H groups in total. The monoisotopic (exact) mass is 485 g/mol. The number of nitrogens with one attached hydrogen (secondary N) is 3. The standard InChI is InChI=1S/C21H31N3O8S/c1-13(2)10-16(24-21(28)32-12-14-6-4-3-5-7-14)19(26)23-17(20(27)33(29,30)31)11-15-8-9-22-18(15)25/h3-7,13,15-17,20,27H,8-12H2,1-2H3,(H,22,25)(H,23,26)(H,24,28)(H,29,30,31)/t15?,16-,17-,20?/m0/s1. The topological polar surface area (TPSA) is 171 Å². The molecule has 2 unspecified atom stereocenters. The molecule has 4 atom stereocenters. The zero-order valence-corrected chi connectivity index (χ0v) is 19.4. The van der Waals surface area contributed by atoms with Gasteiger partial charge in [-0.1, -0.05) is 44.2 Å². The van der Waals surface area contributed by atoms with Crippen LogP contribution < -0.4 is 16.0 Å². The summed E-state index contributed by atoms with van der Waals surface area (Å²) in [4.78, 5) is 37.1. The Hall–Kier alpha value is -2.70. The minimum absolute atomic E-state index is 0.0103. The van der Waals surface area contributed by atoms with Gasteiger partial charge in [0.25, 0.3) is 10.1 Å².